The highest BCUT2D eigenvalue weighted by atomic mass is 16.5. The average molecular weight is 1080 g/mol. The molecule has 0 radical (unpaired) electrons. The van der Waals surface area contributed by atoms with Gasteiger partial charge in [-0.3, -0.25) is 0 Å². The number of fused-ring (bicyclic) bond motifs is 19. The van der Waals surface area contributed by atoms with Gasteiger partial charge in [-0.2, -0.15) is 5.26 Å². The Labute approximate surface area is 481 Å². The molecule has 0 fully saturated rings. The van der Waals surface area contributed by atoms with Crippen molar-refractivity contribution in [3.63, 3.8) is 0 Å². The van der Waals surface area contributed by atoms with Gasteiger partial charge in [-0.05, 0) is 168 Å². The van der Waals surface area contributed by atoms with Crippen LogP contribution in [0, 0.1) is 32.1 Å². The number of hydrogen-bond donors (Lipinski definition) is 1. The summed E-state index contributed by atoms with van der Waals surface area (Å²) in [7, 11) is 0. The van der Waals surface area contributed by atoms with Crippen LogP contribution in [0.25, 0.3) is 143 Å². The summed E-state index contributed by atoms with van der Waals surface area (Å²) in [6, 6.07) is 82.6. The molecule has 392 valence electrons. The van der Waals surface area contributed by atoms with Crippen LogP contribution in [0.4, 0.5) is 0 Å². The Bertz CT molecular complexity index is 5650. The van der Waals surface area contributed by atoms with Gasteiger partial charge >= 0.3 is 0 Å². The first-order valence-electron chi connectivity index (χ1n) is 28.6. The molecule has 8 heteroatoms. The lowest BCUT2D eigenvalue weighted by molar-refractivity contribution is 0.488. The summed E-state index contributed by atoms with van der Waals surface area (Å²) in [4.78, 5) is 4.05. The number of aryl methyl sites for hydroxylation is 3. The number of nitrogens with one attached hydrogen (secondary N) is 1. The molecule has 0 atom stereocenters. The number of benzene rings is 12. The molecular weight excluding hydrogens is 1030 g/mol. The van der Waals surface area contributed by atoms with E-state index in [1.807, 2.05) is 24.3 Å². The molecule has 84 heavy (non-hydrogen) atoms. The van der Waals surface area contributed by atoms with E-state index in [2.05, 4.69) is 241 Å². The molecule has 6 heterocycles. The first-order chi connectivity index (χ1) is 41.3. The van der Waals surface area contributed by atoms with E-state index in [1.165, 1.54) is 43.8 Å². The number of nitriles is 1. The zero-order valence-corrected chi connectivity index (χ0v) is 46.0. The SMILES string of the molecule is Cc1cc(C)c(-c2ccc3c(c2)B(c2cc4c5cc(-n6c7ccccc7c7ccccc76)ccc5oc4c4c2[nH]c2ccc5c6cc(-n7c8ccccc8c8ccccc87)ccc6oc5c24)c2ccc(-c4ccc(C#N)cc4)cc2O3)c(C)c1. The zero-order chi connectivity index (χ0) is 55.6. The number of hydrogen-bond acceptors (Lipinski definition) is 4. The van der Waals surface area contributed by atoms with Crippen molar-refractivity contribution >= 4 is 132 Å². The molecule has 0 amide bonds. The predicted molar refractivity (Wildman–Crippen MR) is 346 cm³/mol. The number of furan rings is 2. The van der Waals surface area contributed by atoms with Crippen LogP contribution in [0.1, 0.15) is 22.3 Å². The highest BCUT2D eigenvalue weighted by Crippen LogP contribution is 2.45. The zero-order valence-electron chi connectivity index (χ0n) is 46.0. The Morgan fingerprint density at radius 1 is 0.417 bits per heavy atom. The molecule has 0 spiro atoms. The number of rotatable bonds is 5. The molecule has 0 bridgehead atoms. The van der Waals surface area contributed by atoms with Gasteiger partial charge in [0.25, 0.3) is 6.71 Å². The van der Waals surface area contributed by atoms with Crippen molar-refractivity contribution in [2.45, 2.75) is 20.8 Å². The summed E-state index contributed by atoms with van der Waals surface area (Å²) in [6.07, 6.45) is 0. The molecule has 0 aliphatic carbocycles. The standard InChI is InChI=1S/C76H47BN4O3/c1-42-34-43(2)71(44(3)35-42)48-25-31-69-60(36-48)77(59-29-24-47(37-70(59)82-69)46-22-20-45(41-78)21-23-46)61-40-58-57-39-50(81-65-18-10-6-14-53(65)54-15-7-11-19-66(54)81)27-33-68(57)84-76(58)73-72-62(79-74(61)73)30-28-55-56-38-49(26-32-67(56)83-75(55)72)80-63-16-8-4-12-51(63)52-13-5-9-17-64(52)80/h4-40,79H,1-3H3. The number of para-hydroxylation sites is 4. The number of ether oxygens (including phenoxy) is 1. The number of aromatic amines is 1. The fourth-order valence-electron chi connectivity index (χ4n) is 14.6. The third kappa shape index (κ3) is 6.58. The lowest BCUT2D eigenvalue weighted by Crippen LogP contribution is -2.55. The molecule has 18 rings (SSSR count). The lowest BCUT2D eigenvalue weighted by atomic mass is 9.35. The molecule has 7 nitrogen and oxygen atoms in total. The first-order valence-corrected chi connectivity index (χ1v) is 28.6. The van der Waals surface area contributed by atoms with E-state index >= 15 is 0 Å². The summed E-state index contributed by atoms with van der Waals surface area (Å²) in [5.41, 5.74) is 23.7. The van der Waals surface area contributed by atoms with Crippen LogP contribution < -0.4 is 21.1 Å². The van der Waals surface area contributed by atoms with Crippen LogP contribution in [-0.4, -0.2) is 20.8 Å². The molecule has 1 N–H and O–H groups in total. The van der Waals surface area contributed by atoms with E-state index in [-0.39, 0.29) is 6.71 Å². The molecule has 0 saturated heterocycles. The van der Waals surface area contributed by atoms with Gasteiger partial charge in [0.05, 0.1) is 50.0 Å². The quantitative estimate of drug-likeness (QED) is 0.174. The number of H-pyrrole nitrogens is 1. The Morgan fingerprint density at radius 3 is 1.56 bits per heavy atom. The predicted octanol–water partition coefficient (Wildman–Crippen LogP) is 18.1. The molecule has 12 aromatic carbocycles. The van der Waals surface area contributed by atoms with Crippen molar-refractivity contribution in [3.8, 4) is 51.2 Å². The van der Waals surface area contributed by atoms with E-state index in [9.17, 15) is 5.26 Å². The van der Waals surface area contributed by atoms with Crippen LogP contribution in [0.15, 0.2) is 233 Å². The van der Waals surface area contributed by atoms with Crippen LogP contribution in [0.2, 0.25) is 0 Å². The average Bonchev–Trinajstić information content (AvgIpc) is 1.69. The van der Waals surface area contributed by atoms with E-state index in [0.717, 1.165) is 144 Å². The summed E-state index contributed by atoms with van der Waals surface area (Å²) in [6.45, 7) is 6.29. The Morgan fingerprint density at radius 2 is 0.964 bits per heavy atom. The van der Waals surface area contributed by atoms with Crippen molar-refractivity contribution in [1.82, 2.24) is 14.1 Å². The van der Waals surface area contributed by atoms with Crippen molar-refractivity contribution < 1.29 is 13.6 Å². The largest absolute Gasteiger partial charge is 0.458 e. The van der Waals surface area contributed by atoms with Crippen molar-refractivity contribution in [3.05, 3.63) is 247 Å². The number of aromatic nitrogens is 3. The van der Waals surface area contributed by atoms with Crippen LogP contribution in [0.3, 0.4) is 0 Å². The molecule has 0 unspecified atom stereocenters. The summed E-state index contributed by atoms with van der Waals surface area (Å²) >= 11 is 0. The van der Waals surface area contributed by atoms with E-state index < -0.39 is 0 Å². The minimum absolute atomic E-state index is 0.310. The summed E-state index contributed by atoms with van der Waals surface area (Å²) in [5.74, 6) is 1.57. The van der Waals surface area contributed by atoms with Crippen LogP contribution in [0.5, 0.6) is 11.5 Å². The highest BCUT2D eigenvalue weighted by Gasteiger charge is 2.37. The molecule has 0 saturated carbocycles. The maximum Gasteiger partial charge on any atom is 0.253 e. The van der Waals surface area contributed by atoms with Gasteiger partial charge in [-0.1, -0.05) is 133 Å². The minimum Gasteiger partial charge on any atom is -0.458 e. The van der Waals surface area contributed by atoms with E-state index in [4.69, 9.17) is 13.6 Å². The van der Waals surface area contributed by atoms with Crippen molar-refractivity contribution in [2.24, 2.45) is 0 Å². The van der Waals surface area contributed by atoms with Gasteiger partial charge in [-0.15, -0.1) is 0 Å². The number of nitrogens with zero attached hydrogens (tertiary/aromatic N) is 3. The van der Waals surface area contributed by atoms with Gasteiger partial charge in [0, 0.05) is 60.0 Å². The van der Waals surface area contributed by atoms with Crippen LogP contribution in [-0.2, 0) is 0 Å². The Balaban J connectivity index is 0.937. The molecule has 5 aromatic heterocycles. The maximum absolute atomic E-state index is 9.69. The summed E-state index contributed by atoms with van der Waals surface area (Å²) in [5, 5.41) is 20.5. The van der Waals surface area contributed by atoms with Gasteiger partial charge < -0.3 is 27.7 Å². The first kappa shape index (κ1) is 46.7. The fourth-order valence-corrected chi connectivity index (χ4v) is 14.6. The minimum atomic E-state index is -0.310. The lowest BCUT2D eigenvalue weighted by Gasteiger charge is -2.28. The second kappa shape index (κ2) is 17.3. The fraction of sp³-hybridized carbons (Fsp3) is 0.0395. The molecular formula is C76H47BN4O3. The Kier molecular flexibility index (Phi) is 9.60. The Hall–Kier alpha value is -11.0. The summed E-state index contributed by atoms with van der Waals surface area (Å²) < 4.78 is 26.4. The monoisotopic (exact) mass is 1070 g/mol. The van der Waals surface area contributed by atoms with Gasteiger partial charge in [0.1, 0.15) is 33.8 Å². The third-order valence-corrected chi connectivity index (χ3v) is 18.1. The normalized spacial score (nSPS) is 12.5. The second-order valence-corrected chi connectivity index (χ2v) is 22.9. The maximum atomic E-state index is 9.69. The topological polar surface area (TPSA) is 85.0 Å². The molecule has 1 aliphatic heterocycles. The van der Waals surface area contributed by atoms with Gasteiger partial charge in [-0.25, -0.2) is 0 Å². The third-order valence-electron chi connectivity index (χ3n) is 18.1. The second-order valence-electron chi connectivity index (χ2n) is 22.9. The molecule has 1 aliphatic rings. The van der Waals surface area contributed by atoms with Crippen molar-refractivity contribution in [1.29, 1.82) is 5.26 Å². The van der Waals surface area contributed by atoms with E-state index in [1.54, 1.807) is 0 Å². The van der Waals surface area contributed by atoms with Gasteiger partial charge in [0.15, 0.2) is 0 Å². The van der Waals surface area contributed by atoms with Crippen molar-refractivity contribution in [2.75, 3.05) is 0 Å². The van der Waals surface area contributed by atoms with Gasteiger partial charge in [0.2, 0.25) is 0 Å². The van der Waals surface area contributed by atoms with E-state index in [0.29, 0.717) is 5.56 Å². The molecule has 17 aromatic rings. The smallest absolute Gasteiger partial charge is 0.253 e. The van der Waals surface area contributed by atoms with Crippen LogP contribution >= 0.6 is 0 Å². The highest BCUT2D eigenvalue weighted by molar-refractivity contribution is 6.98.